The molecule has 0 saturated heterocycles. The summed E-state index contributed by atoms with van der Waals surface area (Å²) in [6.45, 7) is 3.80. The van der Waals surface area contributed by atoms with Crippen molar-refractivity contribution in [1.82, 2.24) is 10.0 Å². The lowest BCUT2D eigenvalue weighted by Crippen LogP contribution is -2.56. The topological polar surface area (TPSA) is 113 Å². The van der Waals surface area contributed by atoms with E-state index in [1.165, 1.54) is 0 Å². The molecule has 1 amide bonds. The lowest BCUT2D eigenvalue weighted by atomic mass is 9.75. The Morgan fingerprint density at radius 1 is 1.15 bits per heavy atom. The van der Waals surface area contributed by atoms with Gasteiger partial charge in [0.1, 0.15) is 5.54 Å². The Morgan fingerprint density at radius 2 is 1.74 bits per heavy atom. The molecule has 0 spiro atoms. The summed E-state index contributed by atoms with van der Waals surface area (Å²) >= 11 is 0. The second-order valence-corrected chi connectivity index (χ2v) is 9.21. The first-order chi connectivity index (χ1) is 12.7. The Morgan fingerprint density at radius 3 is 2.22 bits per heavy atom. The molecule has 1 aromatic rings. The summed E-state index contributed by atoms with van der Waals surface area (Å²) in [6.07, 6.45) is 3.47. The van der Waals surface area contributed by atoms with Crippen LogP contribution in [0.1, 0.15) is 61.9 Å². The van der Waals surface area contributed by atoms with E-state index in [1.807, 2.05) is 0 Å². The van der Waals surface area contributed by atoms with Crippen LogP contribution in [0.4, 0.5) is 0 Å². The molecule has 0 aliphatic heterocycles. The molecule has 150 valence electrons. The largest absolute Gasteiger partial charge is 0.480 e. The van der Waals surface area contributed by atoms with Gasteiger partial charge in [-0.3, -0.25) is 4.79 Å². The van der Waals surface area contributed by atoms with Gasteiger partial charge in [0.05, 0.1) is 5.75 Å². The molecule has 1 fully saturated rings. The summed E-state index contributed by atoms with van der Waals surface area (Å²) in [5.41, 5.74) is -0.131. The van der Waals surface area contributed by atoms with Gasteiger partial charge < -0.3 is 10.4 Å². The van der Waals surface area contributed by atoms with Gasteiger partial charge in [0, 0.05) is 12.1 Å². The molecular formula is C19H28N2O5S. The van der Waals surface area contributed by atoms with Crippen LogP contribution in [-0.4, -0.2) is 36.7 Å². The maximum atomic E-state index is 12.6. The number of nitrogens with one attached hydrogen (secondary N) is 2. The molecule has 1 saturated carbocycles. The van der Waals surface area contributed by atoms with Crippen LogP contribution >= 0.6 is 0 Å². The average Bonchev–Trinajstić information content (AvgIpc) is 2.67. The highest BCUT2D eigenvalue weighted by Gasteiger charge is 2.43. The fourth-order valence-electron chi connectivity index (χ4n) is 3.33. The number of carbonyl (C=O) groups is 2. The van der Waals surface area contributed by atoms with Crippen molar-refractivity contribution in [2.75, 3.05) is 5.75 Å². The Bertz CT molecular complexity index is 766. The highest BCUT2D eigenvalue weighted by molar-refractivity contribution is 7.89. The molecule has 27 heavy (non-hydrogen) atoms. The minimum absolute atomic E-state index is 0.00362. The number of carboxylic acid groups (broad SMARTS) is 1. The van der Waals surface area contributed by atoms with E-state index >= 15 is 0 Å². The molecule has 0 radical (unpaired) electrons. The molecule has 0 unspecified atom stereocenters. The summed E-state index contributed by atoms with van der Waals surface area (Å²) in [5, 5.41) is 12.4. The van der Waals surface area contributed by atoms with E-state index in [0.29, 0.717) is 24.3 Å². The van der Waals surface area contributed by atoms with Crippen molar-refractivity contribution in [2.24, 2.45) is 5.92 Å². The Balaban J connectivity index is 2.03. The molecule has 2 rings (SSSR count). The predicted molar refractivity (Wildman–Crippen MR) is 103 cm³/mol. The molecule has 0 atom stereocenters. The summed E-state index contributed by atoms with van der Waals surface area (Å²) < 4.78 is 25.4. The standard InChI is InChI=1S/C19H28N2O5S/c1-3-14-9-11-19(12-10-14,18(23)24)21-17(22)16-7-5-15(6-8-16)13-20-27(25,26)4-2/h5-8,14,20H,3-4,9-13H2,1-2H3,(H,21,22)(H,23,24). The van der Waals surface area contributed by atoms with Crippen LogP contribution in [-0.2, 0) is 21.4 Å². The molecule has 0 aromatic heterocycles. The lowest BCUT2D eigenvalue weighted by molar-refractivity contribution is -0.146. The number of amides is 1. The van der Waals surface area contributed by atoms with Gasteiger partial charge in [-0.2, -0.15) is 0 Å². The van der Waals surface area contributed by atoms with Crippen molar-refractivity contribution in [3.05, 3.63) is 35.4 Å². The van der Waals surface area contributed by atoms with Crippen LogP contribution < -0.4 is 10.0 Å². The number of rotatable bonds is 8. The van der Waals surface area contributed by atoms with Crippen molar-refractivity contribution < 1.29 is 23.1 Å². The second-order valence-electron chi connectivity index (χ2n) is 7.11. The van der Waals surface area contributed by atoms with Crippen LogP contribution in [0.5, 0.6) is 0 Å². The first-order valence-electron chi connectivity index (χ1n) is 9.33. The zero-order valence-corrected chi connectivity index (χ0v) is 16.6. The zero-order chi connectivity index (χ0) is 20.1. The van der Waals surface area contributed by atoms with E-state index in [-0.39, 0.29) is 12.3 Å². The van der Waals surface area contributed by atoms with Crippen LogP contribution in [0.15, 0.2) is 24.3 Å². The number of aliphatic carboxylic acids is 1. The molecule has 7 nitrogen and oxygen atoms in total. The highest BCUT2D eigenvalue weighted by atomic mass is 32.2. The molecule has 1 aromatic carbocycles. The number of sulfonamides is 1. The van der Waals surface area contributed by atoms with E-state index in [9.17, 15) is 23.1 Å². The summed E-state index contributed by atoms with van der Waals surface area (Å²) in [5.74, 6) is -0.895. The summed E-state index contributed by atoms with van der Waals surface area (Å²) in [6, 6.07) is 6.49. The summed E-state index contributed by atoms with van der Waals surface area (Å²) in [7, 11) is -3.28. The fourth-order valence-corrected chi connectivity index (χ4v) is 3.92. The monoisotopic (exact) mass is 396 g/mol. The van der Waals surface area contributed by atoms with Crippen molar-refractivity contribution >= 4 is 21.9 Å². The summed E-state index contributed by atoms with van der Waals surface area (Å²) in [4.78, 5) is 24.4. The fraction of sp³-hybridized carbons (Fsp3) is 0.579. The van der Waals surface area contributed by atoms with Crippen molar-refractivity contribution in [3.63, 3.8) is 0 Å². The van der Waals surface area contributed by atoms with Crippen LogP contribution in [0.2, 0.25) is 0 Å². The molecule has 1 aliphatic rings. The lowest BCUT2D eigenvalue weighted by Gasteiger charge is -2.37. The van der Waals surface area contributed by atoms with Crippen LogP contribution in [0, 0.1) is 5.92 Å². The molecule has 8 heteroatoms. The molecule has 1 aliphatic carbocycles. The van der Waals surface area contributed by atoms with Crippen LogP contribution in [0.3, 0.4) is 0 Å². The first-order valence-corrected chi connectivity index (χ1v) is 11.0. The zero-order valence-electron chi connectivity index (χ0n) is 15.8. The van der Waals surface area contributed by atoms with E-state index in [1.54, 1.807) is 31.2 Å². The number of carboxylic acids is 1. The van der Waals surface area contributed by atoms with Gasteiger partial charge in [-0.15, -0.1) is 0 Å². The number of hydrogen-bond acceptors (Lipinski definition) is 4. The van der Waals surface area contributed by atoms with Gasteiger partial charge in [-0.05, 0) is 56.2 Å². The maximum Gasteiger partial charge on any atom is 0.329 e. The van der Waals surface area contributed by atoms with Crippen molar-refractivity contribution in [1.29, 1.82) is 0 Å². The molecule has 0 heterocycles. The quantitative estimate of drug-likeness (QED) is 0.624. The maximum absolute atomic E-state index is 12.6. The van der Waals surface area contributed by atoms with E-state index < -0.39 is 27.4 Å². The number of carbonyl (C=O) groups excluding carboxylic acids is 1. The Hall–Kier alpha value is -1.93. The van der Waals surface area contributed by atoms with E-state index in [4.69, 9.17) is 0 Å². The third kappa shape index (κ3) is 5.52. The van der Waals surface area contributed by atoms with Crippen molar-refractivity contribution in [2.45, 2.75) is 58.0 Å². The predicted octanol–water partition coefficient (Wildman–Crippen LogP) is 2.28. The second kappa shape index (κ2) is 8.84. The minimum Gasteiger partial charge on any atom is -0.480 e. The van der Waals surface area contributed by atoms with Gasteiger partial charge in [0.15, 0.2) is 0 Å². The minimum atomic E-state index is -3.28. The van der Waals surface area contributed by atoms with Gasteiger partial charge in [-0.25, -0.2) is 17.9 Å². The first kappa shape index (κ1) is 21.4. The Labute approximate surface area is 160 Å². The van der Waals surface area contributed by atoms with Crippen molar-refractivity contribution in [3.8, 4) is 0 Å². The van der Waals surface area contributed by atoms with E-state index in [2.05, 4.69) is 17.0 Å². The average molecular weight is 397 g/mol. The molecule has 3 N–H and O–H groups in total. The molecular weight excluding hydrogens is 368 g/mol. The Kier molecular flexibility index (Phi) is 7.00. The molecule has 0 bridgehead atoms. The van der Waals surface area contributed by atoms with Gasteiger partial charge in [0.2, 0.25) is 10.0 Å². The number of benzene rings is 1. The van der Waals surface area contributed by atoms with Gasteiger partial charge in [-0.1, -0.05) is 25.5 Å². The van der Waals surface area contributed by atoms with E-state index in [0.717, 1.165) is 24.8 Å². The van der Waals surface area contributed by atoms with Crippen LogP contribution in [0.25, 0.3) is 0 Å². The van der Waals surface area contributed by atoms with Gasteiger partial charge >= 0.3 is 5.97 Å². The third-order valence-electron chi connectivity index (χ3n) is 5.39. The number of hydrogen-bond donors (Lipinski definition) is 3. The normalized spacial score (nSPS) is 23.0. The highest BCUT2D eigenvalue weighted by Crippen LogP contribution is 2.34. The smallest absolute Gasteiger partial charge is 0.329 e. The SMILES string of the molecule is CCC1CCC(NC(=O)c2ccc(CNS(=O)(=O)CC)cc2)(C(=O)O)CC1. The van der Waals surface area contributed by atoms with Gasteiger partial charge in [0.25, 0.3) is 5.91 Å². The third-order valence-corrected chi connectivity index (χ3v) is 6.73.